The third-order valence-corrected chi connectivity index (χ3v) is 3.96. The van der Waals surface area contributed by atoms with Gasteiger partial charge in [-0.3, -0.25) is 0 Å². The van der Waals surface area contributed by atoms with Gasteiger partial charge in [0.15, 0.2) is 11.9 Å². The molecule has 5 nitrogen and oxygen atoms in total. The Hall–Kier alpha value is -2.21. The van der Waals surface area contributed by atoms with E-state index in [9.17, 15) is 8.42 Å². The molecule has 2 rings (SSSR count). The monoisotopic (exact) mass is 289 g/mol. The van der Waals surface area contributed by atoms with Gasteiger partial charge in [0.05, 0.1) is 4.90 Å². The summed E-state index contributed by atoms with van der Waals surface area (Å²) >= 11 is 0. The minimum Gasteiger partial charge on any atom is -0.356 e. The average Bonchev–Trinajstić information content (AvgIpc) is 2.41. The Morgan fingerprint density at radius 2 is 1.80 bits per heavy atom. The lowest BCUT2D eigenvalue weighted by Gasteiger charge is -2.06. The first-order chi connectivity index (χ1) is 9.49. The molecule has 0 aliphatic heterocycles. The van der Waals surface area contributed by atoms with Crippen molar-refractivity contribution < 1.29 is 13.1 Å². The highest BCUT2D eigenvalue weighted by Crippen LogP contribution is 2.12. The first kappa shape index (κ1) is 14.2. The number of aromatic nitrogens is 1. The van der Waals surface area contributed by atoms with Crippen LogP contribution in [0.5, 0.6) is 0 Å². The third kappa shape index (κ3) is 3.42. The maximum absolute atomic E-state index is 12.0. The van der Waals surface area contributed by atoms with Gasteiger partial charge >= 0.3 is 0 Å². The maximum Gasteiger partial charge on any atom is 0.201 e. The van der Waals surface area contributed by atoms with Crippen molar-refractivity contribution in [1.82, 2.24) is 0 Å². The predicted octanol–water partition coefficient (Wildman–Crippen LogP) is 2.14. The summed E-state index contributed by atoms with van der Waals surface area (Å²) in [5.74, 6) is 0. The van der Waals surface area contributed by atoms with Crippen molar-refractivity contribution >= 4 is 16.4 Å². The second-order valence-electron chi connectivity index (χ2n) is 4.31. The fourth-order valence-corrected chi connectivity index (χ4v) is 2.33. The van der Waals surface area contributed by atoms with Crippen LogP contribution in [-0.4, -0.2) is 14.8 Å². The Labute approximate surface area is 118 Å². The molecule has 0 aliphatic rings. The number of benzene rings is 1. The first-order valence-corrected chi connectivity index (χ1v) is 7.47. The van der Waals surface area contributed by atoms with Crippen LogP contribution in [0.2, 0.25) is 0 Å². The molecule has 1 aromatic heterocycles. The zero-order valence-electron chi connectivity index (χ0n) is 11.3. The number of hydrogen-bond acceptors (Lipinski definition) is 2. The van der Waals surface area contributed by atoms with Gasteiger partial charge in [0, 0.05) is 19.1 Å². The molecule has 0 aliphatic carbocycles. The normalized spacial score (nSPS) is 11.7. The highest BCUT2D eigenvalue weighted by atomic mass is 32.2. The molecule has 0 atom stereocenters. The van der Waals surface area contributed by atoms with Crippen molar-refractivity contribution in [3.63, 3.8) is 0 Å². The van der Waals surface area contributed by atoms with E-state index in [4.69, 9.17) is 0 Å². The van der Waals surface area contributed by atoms with E-state index in [1.807, 2.05) is 26.0 Å². The molecule has 2 aromatic rings. The van der Waals surface area contributed by atoms with E-state index in [1.54, 1.807) is 29.1 Å². The molecule has 0 fully saturated rings. The second-order valence-corrected chi connectivity index (χ2v) is 5.94. The van der Waals surface area contributed by atoms with E-state index in [-0.39, 0.29) is 4.90 Å². The Morgan fingerprint density at radius 3 is 2.45 bits per heavy atom. The van der Waals surface area contributed by atoms with Crippen LogP contribution in [0.25, 0.3) is 5.43 Å². The lowest BCUT2D eigenvalue weighted by molar-refractivity contribution is -0.623. The fraction of sp³-hybridized carbons (Fsp3) is 0.143. The van der Waals surface area contributed by atoms with E-state index in [0.717, 1.165) is 17.6 Å². The molecule has 104 valence electrons. The summed E-state index contributed by atoms with van der Waals surface area (Å²) in [6.45, 7) is 3.76. The molecular weight excluding hydrogens is 274 g/mol. The van der Waals surface area contributed by atoms with Gasteiger partial charge in [-0.05, 0) is 25.4 Å². The fourth-order valence-electron chi connectivity index (χ4n) is 1.56. The summed E-state index contributed by atoms with van der Waals surface area (Å²) in [6.07, 6.45) is 2.77. The van der Waals surface area contributed by atoms with Crippen molar-refractivity contribution in [3.05, 3.63) is 65.3 Å². The quantitative estimate of drug-likeness (QED) is 0.492. The third-order valence-electron chi connectivity index (χ3n) is 2.72. The highest BCUT2D eigenvalue weighted by Gasteiger charge is 2.05. The lowest BCUT2D eigenvalue weighted by atomic mass is 10.2. The number of pyridine rings is 1. The average molecular weight is 289 g/mol. The summed E-state index contributed by atoms with van der Waals surface area (Å²) in [4.78, 5) is 0.157. The number of rotatable bonds is 4. The summed E-state index contributed by atoms with van der Waals surface area (Å²) in [5.41, 5.74) is 5.85. The van der Waals surface area contributed by atoms with Crippen molar-refractivity contribution in [2.45, 2.75) is 18.7 Å². The van der Waals surface area contributed by atoms with E-state index in [1.165, 1.54) is 12.1 Å². The summed E-state index contributed by atoms with van der Waals surface area (Å²) in [6, 6.07) is 12.1. The molecule has 0 bridgehead atoms. The second kappa shape index (κ2) is 5.83. The molecule has 6 heteroatoms. The van der Waals surface area contributed by atoms with Crippen LogP contribution in [0.15, 0.2) is 58.0 Å². The number of sulfonamides is 1. The van der Waals surface area contributed by atoms with Gasteiger partial charge in [0.1, 0.15) is 0 Å². The van der Waals surface area contributed by atoms with Crippen LogP contribution < -0.4 is 4.68 Å². The Kier molecular flexibility index (Phi) is 4.14. The molecule has 0 saturated heterocycles. The van der Waals surface area contributed by atoms with Gasteiger partial charge in [0.2, 0.25) is 10.0 Å². The van der Waals surface area contributed by atoms with Gasteiger partial charge in [0.25, 0.3) is 0 Å². The van der Waals surface area contributed by atoms with Gasteiger partial charge in [-0.15, -0.1) is 4.68 Å². The van der Waals surface area contributed by atoms with Crippen molar-refractivity contribution in [3.8, 4) is 0 Å². The first-order valence-electron chi connectivity index (χ1n) is 6.03. The molecule has 0 spiro atoms. The smallest absolute Gasteiger partial charge is 0.201 e. The Bertz CT molecular complexity index is 722. The van der Waals surface area contributed by atoms with Crippen LogP contribution >= 0.6 is 0 Å². The number of hydrogen-bond donors (Lipinski definition) is 0. The highest BCUT2D eigenvalue weighted by molar-refractivity contribution is 7.90. The van der Waals surface area contributed by atoms with Crippen LogP contribution in [0.4, 0.5) is 0 Å². The van der Waals surface area contributed by atoms with Crippen LogP contribution in [0.3, 0.4) is 0 Å². The summed E-state index contributed by atoms with van der Waals surface area (Å²) < 4.78 is 29.0. The van der Waals surface area contributed by atoms with Gasteiger partial charge < -0.3 is 4.40 Å². The SMILES string of the molecule is Cc1ccc(S(=O)(=O)/N=C\[N-][n+]2ccccc2C)cc1. The van der Waals surface area contributed by atoms with E-state index < -0.39 is 10.0 Å². The van der Waals surface area contributed by atoms with Crippen LogP contribution in [-0.2, 0) is 10.0 Å². The Morgan fingerprint density at radius 1 is 1.10 bits per heavy atom. The maximum atomic E-state index is 12.0. The summed E-state index contributed by atoms with van der Waals surface area (Å²) in [5, 5.41) is 0. The molecule has 1 heterocycles. The molecule has 0 N–H and O–H groups in total. The van der Waals surface area contributed by atoms with Crippen molar-refractivity contribution in [2.75, 3.05) is 0 Å². The molecule has 0 unspecified atom stereocenters. The lowest BCUT2D eigenvalue weighted by Crippen LogP contribution is -2.32. The standard InChI is InChI=1S/C14H15N3O2S/c1-12-6-8-14(9-7-12)20(18,19)16-11-15-17-10-4-3-5-13(17)2/h3-11H,1-2H3/b16-11-. The minimum atomic E-state index is -3.70. The van der Waals surface area contributed by atoms with E-state index >= 15 is 0 Å². The molecule has 0 amide bonds. The van der Waals surface area contributed by atoms with Crippen LogP contribution in [0.1, 0.15) is 11.3 Å². The largest absolute Gasteiger partial charge is 0.356 e. The molecule has 0 radical (unpaired) electrons. The molecule has 0 saturated carbocycles. The molecule has 1 aromatic carbocycles. The summed E-state index contributed by atoms with van der Waals surface area (Å²) in [7, 11) is -3.70. The van der Waals surface area contributed by atoms with E-state index in [0.29, 0.717) is 0 Å². The van der Waals surface area contributed by atoms with Gasteiger partial charge in [-0.1, -0.05) is 23.8 Å². The number of aryl methyl sites for hydroxylation is 2. The number of nitrogens with zero attached hydrogens (tertiary/aromatic N) is 3. The van der Waals surface area contributed by atoms with E-state index in [2.05, 4.69) is 9.82 Å². The zero-order chi connectivity index (χ0) is 14.6. The van der Waals surface area contributed by atoms with Gasteiger partial charge in [-0.25, -0.2) is 13.8 Å². The van der Waals surface area contributed by atoms with Crippen molar-refractivity contribution in [1.29, 1.82) is 0 Å². The van der Waals surface area contributed by atoms with Crippen LogP contribution in [0, 0.1) is 13.8 Å². The van der Waals surface area contributed by atoms with Crippen molar-refractivity contribution in [2.24, 2.45) is 4.40 Å². The minimum absolute atomic E-state index is 0.157. The molecular formula is C14H15N3O2S. The van der Waals surface area contributed by atoms with Gasteiger partial charge in [-0.2, -0.15) is 0 Å². The Balaban J connectivity index is 2.14. The zero-order valence-corrected chi connectivity index (χ0v) is 12.1. The predicted molar refractivity (Wildman–Crippen MR) is 77.0 cm³/mol. The molecule has 20 heavy (non-hydrogen) atoms. The topological polar surface area (TPSA) is 64.5 Å².